The first-order chi connectivity index (χ1) is 12.8. The minimum absolute atomic E-state index is 0.0966. The van der Waals surface area contributed by atoms with E-state index in [1.165, 1.54) is 5.69 Å². The quantitative estimate of drug-likeness (QED) is 0.907. The third-order valence-electron chi connectivity index (χ3n) is 5.12. The number of piperazine rings is 2. The molecule has 6 heteroatoms. The number of carbonyl (C=O) groups is 1. The van der Waals surface area contributed by atoms with Crippen molar-refractivity contribution in [2.75, 3.05) is 62.2 Å². The van der Waals surface area contributed by atoms with E-state index in [0.717, 1.165) is 63.7 Å². The van der Waals surface area contributed by atoms with Gasteiger partial charge in [-0.05, 0) is 24.3 Å². The molecule has 3 heterocycles. The molecule has 4 rings (SSSR count). The van der Waals surface area contributed by atoms with Gasteiger partial charge in [-0.2, -0.15) is 0 Å². The summed E-state index contributed by atoms with van der Waals surface area (Å²) in [5.41, 5.74) is 1.95. The monoisotopic (exact) mass is 351 g/mol. The second kappa shape index (κ2) is 7.74. The lowest BCUT2D eigenvalue weighted by Crippen LogP contribution is -2.49. The summed E-state index contributed by atoms with van der Waals surface area (Å²) in [6.45, 7) is 6.84. The van der Waals surface area contributed by atoms with Crippen molar-refractivity contribution in [3.05, 3.63) is 54.2 Å². The summed E-state index contributed by atoms with van der Waals surface area (Å²) in [6, 6.07) is 14.2. The predicted octanol–water partition coefficient (Wildman–Crippen LogP) is 1.45. The zero-order chi connectivity index (χ0) is 17.8. The highest BCUT2D eigenvalue weighted by Crippen LogP contribution is 2.21. The van der Waals surface area contributed by atoms with E-state index in [1.54, 1.807) is 6.20 Å². The Morgan fingerprint density at radius 3 is 2.31 bits per heavy atom. The minimum atomic E-state index is 0.0966. The van der Waals surface area contributed by atoms with Gasteiger partial charge in [0.1, 0.15) is 5.82 Å². The molecule has 6 nitrogen and oxygen atoms in total. The first-order valence-corrected chi connectivity index (χ1v) is 9.33. The van der Waals surface area contributed by atoms with E-state index in [0.29, 0.717) is 0 Å². The Bertz CT molecular complexity index is 737. The molecule has 2 aromatic rings. The van der Waals surface area contributed by atoms with Gasteiger partial charge in [0.05, 0.1) is 5.56 Å². The summed E-state index contributed by atoms with van der Waals surface area (Å²) in [6.07, 6.45) is 1.78. The molecule has 0 saturated carbocycles. The number of nitrogens with zero attached hydrogens (tertiary/aromatic N) is 4. The number of amides is 1. The summed E-state index contributed by atoms with van der Waals surface area (Å²) >= 11 is 0. The minimum Gasteiger partial charge on any atom is -0.368 e. The smallest absolute Gasteiger partial charge is 0.257 e. The number of benzene rings is 1. The van der Waals surface area contributed by atoms with Crippen molar-refractivity contribution < 1.29 is 4.79 Å². The number of aromatic nitrogens is 1. The van der Waals surface area contributed by atoms with Crippen LogP contribution < -0.4 is 15.1 Å². The van der Waals surface area contributed by atoms with Crippen LogP contribution in [-0.2, 0) is 0 Å². The molecule has 2 fully saturated rings. The number of rotatable bonds is 3. The topological polar surface area (TPSA) is 51.7 Å². The Hall–Kier alpha value is -2.60. The van der Waals surface area contributed by atoms with Gasteiger partial charge in [-0.1, -0.05) is 18.2 Å². The lowest BCUT2D eigenvalue weighted by atomic mass is 10.1. The number of hydrogen-bond donors (Lipinski definition) is 1. The van der Waals surface area contributed by atoms with Crippen LogP contribution in [0.25, 0.3) is 0 Å². The summed E-state index contributed by atoms with van der Waals surface area (Å²) in [7, 11) is 0. The molecular formula is C20H25N5O. The molecule has 0 spiro atoms. The van der Waals surface area contributed by atoms with Crippen molar-refractivity contribution in [1.29, 1.82) is 0 Å². The maximum atomic E-state index is 13.1. The van der Waals surface area contributed by atoms with Crippen molar-refractivity contribution in [3.8, 4) is 0 Å². The SMILES string of the molecule is O=C(c1cccnc1N1CCNCC1)N1CCN(c2ccccc2)CC1. The standard InChI is InChI=1S/C20H25N5O/c26-20(18-7-4-8-22-19(18)24-11-9-21-10-12-24)25-15-13-23(14-16-25)17-5-2-1-3-6-17/h1-8,21H,9-16H2. The molecular weight excluding hydrogens is 326 g/mol. The fourth-order valence-electron chi connectivity index (χ4n) is 3.67. The summed E-state index contributed by atoms with van der Waals surface area (Å²) in [5.74, 6) is 0.920. The van der Waals surface area contributed by atoms with Gasteiger partial charge in [-0.3, -0.25) is 4.79 Å². The van der Waals surface area contributed by atoms with E-state index in [1.807, 2.05) is 23.1 Å². The molecule has 0 aliphatic carbocycles. The maximum Gasteiger partial charge on any atom is 0.257 e. The normalized spacial score (nSPS) is 18.1. The van der Waals surface area contributed by atoms with Crippen LogP contribution in [-0.4, -0.2) is 68.1 Å². The molecule has 136 valence electrons. The van der Waals surface area contributed by atoms with Crippen LogP contribution in [0.4, 0.5) is 11.5 Å². The molecule has 2 aliphatic heterocycles. The average molecular weight is 351 g/mol. The molecule has 26 heavy (non-hydrogen) atoms. The van der Waals surface area contributed by atoms with Gasteiger partial charge >= 0.3 is 0 Å². The van der Waals surface area contributed by atoms with Crippen molar-refractivity contribution in [1.82, 2.24) is 15.2 Å². The van der Waals surface area contributed by atoms with Crippen LogP contribution in [0.3, 0.4) is 0 Å². The highest BCUT2D eigenvalue weighted by Gasteiger charge is 2.26. The lowest BCUT2D eigenvalue weighted by molar-refractivity contribution is 0.0747. The fourth-order valence-corrected chi connectivity index (χ4v) is 3.67. The van der Waals surface area contributed by atoms with Gasteiger partial charge in [0.2, 0.25) is 0 Å². The largest absolute Gasteiger partial charge is 0.368 e. The molecule has 0 atom stereocenters. The summed E-state index contributed by atoms with van der Waals surface area (Å²) in [5, 5.41) is 3.35. The fraction of sp³-hybridized carbons (Fsp3) is 0.400. The van der Waals surface area contributed by atoms with E-state index in [4.69, 9.17) is 0 Å². The number of pyridine rings is 1. The average Bonchev–Trinajstić information content (AvgIpc) is 2.75. The van der Waals surface area contributed by atoms with E-state index >= 15 is 0 Å². The third-order valence-corrected chi connectivity index (χ3v) is 5.12. The van der Waals surface area contributed by atoms with Crippen LogP contribution in [0.2, 0.25) is 0 Å². The predicted molar refractivity (Wildman–Crippen MR) is 104 cm³/mol. The number of hydrogen-bond acceptors (Lipinski definition) is 5. The molecule has 1 amide bonds. The van der Waals surface area contributed by atoms with Gasteiger partial charge in [0.25, 0.3) is 5.91 Å². The zero-order valence-corrected chi connectivity index (χ0v) is 15.0. The summed E-state index contributed by atoms with van der Waals surface area (Å²) < 4.78 is 0. The van der Waals surface area contributed by atoms with Crippen LogP contribution in [0, 0.1) is 0 Å². The number of nitrogens with one attached hydrogen (secondary N) is 1. The molecule has 2 saturated heterocycles. The zero-order valence-electron chi connectivity index (χ0n) is 15.0. The highest BCUT2D eigenvalue weighted by atomic mass is 16.2. The Balaban J connectivity index is 1.46. The van der Waals surface area contributed by atoms with Crippen molar-refractivity contribution in [3.63, 3.8) is 0 Å². The second-order valence-corrected chi connectivity index (χ2v) is 6.73. The molecule has 1 aromatic carbocycles. The van der Waals surface area contributed by atoms with Gasteiger partial charge in [0.15, 0.2) is 0 Å². The number of carbonyl (C=O) groups excluding carboxylic acids is 1. The van der Waals surface area contributed by atoms with E-state index in [2.05, 4.69) is 44.4 Å². The van der Waals surface area contributed by atoms with Gasteiger partial charge in [-0.15, -0.1) is 0 Å². The highest BCUT2D eigenvalue weighted by molar-refractivity contribution is 5.99. The first kappa shape index (κ1) is 16.8. The van der Waals surface area contributed by atoms with Gasteiger partial charge in [-0.25, -0.2) is 4.98 Å². The lowest BCUT2D eigenvalue weighted by Gasteiger charge is -2.37. The van der Waals surface area contributed by atoms with Gasteiger partial charge in [0, 0.05) is 64.2 Å². The van der Waals surface area contributed by atoms with Crippen LogP contribution in [0.5, 0.6) is 0 Å². The third kappa shape index (κ3) is 3.51. The van der Waals surface area contributed by atoms with E-state index in [-0.39, 0.29) is 5.91 Å². The van der Waals surface area contributed by atoms with Crippen LogP contribution in [0.15, 0.2) is 48.7 Å². The summed E-state index contributed by atoms with van der Waals surface area (Å²) in [4.78, 5) is 24.2. The second-order valence-electron chi connectivity index (χ2n) is 6.73. The van der Waals surface area contributed by atoms with Gasteiger partial charge < -0.3 is 20.0 Å². The maximum absolute atomic E-state index is 13.1. The number of para-hydroxylation sites is 1. The molecule has 0 unspecified atom stereocenters. The Morgan fingerprint density at radius 1 is 0.846 bits per heavy atom. The van der Waals surface area contributed by atoms with Crippen LogP contribution >= 0.6 is 0 Å². The Morgan fingerprint density at radius 2 is 1.58 bits per heavy atom. The molecule has 0 bridgehead atoms. The van der Waals surface area contributed by atoms with E-state index in [9.17, 15) is 4.79 Å². The molecule has 0 radical (unpaired) electrons. The number of anilines is 2. The molecule has 1 N–H and O–H groups in total. The Kier molecular flexibility index (Phi) is 5.02. The molecule has 2 aliphatic rings. The van der Waals surface area contributed by atoms with E-state index < -0.39 is 0 Å². The van der Waals surface area contributed by atoms with Crippen LogP contribution in [0.1, 0.15) is 10.4 Å². The van der Waals surface area contributed by atoms with Crippen molar-refractivity contribution in [2.45, 2.75) is 0 Å². The van der Waals surface area contributed by atoms with Crippen molar-refractivity contribution >= 4 is 17.4 Å². The first-order valence-electron chi connectivity index (χ1n) is 9.33. The Labute approximate surface area is 154 Å². The molecule has 1 aromatic heterocycles. The van der Waals surface area contributed by atoms with Crippen molar-refractivity contribution in [2.24, 2.45) is 0 Å².